The third-order valence-corrected chi connectivity index (χ3v) is 4.02. The summed E-state index contributed by atoms with van der Waals surface area (Å²) >= 11 is 0. The van der Waals surface area contributed by atoms with Crippen LogP contribution in [0.3, 0.4) is 0 Å². The second-order valence-electron chi connectivity index (χ2n) is 5.91. The molecule has 0 bridgehead atoms. The molecule has 1 aliphatic heterocycles. The molecule has 3 rings (SSSR count). The number of nitrogens with one attached hydrogen (secondary N) is 1. The molecule has 0 saturated heterocycles. The Hall–Kier alpha value is -3.02. The molecule has 1 N–H and O–H groups in total. The summed E-state index contributed by atoms with van der Waals surface area (Å²) in [6.07, 6.45) is 0.444. The average Bonchev–Trinajstić information content (AvgIpc) is 3.00. The van der Waals surface area contributed by atoms with Crippen LogP contribution in [0.1, 0.15) is 37.4 Å². The molecule has 0 radical (unpaired) electrons. The van der Waals surface area contributed by atoms with E-state index in [1.807, 2.05) is 18.2 Å². The van der Waals surface area contributed by atoms with Crippen molar-refractivity contribution in [2.24, 2.45) is 5.10 Å². The molecule has 2 amide bonds. The van der Waals surface area contributed by atoms with Gasteiger partial charge in [-0.05, 0) is 23.8 Å². The lowest BCUT2D eigenvalue weighted by Crippen LogP contribution is -2.24. The normalized spacial score (nSPS) is 16.5. The first-order chi connectivity index (χ1) is 12.0. The van der Waals surface area contributed by atoms with E-state index in [0.717, 1.165) is 5.56 Å². The number of nitrogens with zero attached hydrogens (tertiary/aromatic N) is 2. The molecule has 0 saturated carbocycles. The van der Waals surface area contributed by atoms with Crippen molar-refractivity contribution in [2.75, 3.05) is 5.32 Å². The highest BCUT2D eigenvalue weighted by atomic mass is 19.1. The van der Waals surface area contributed by atoms with Crippen LogP contribution in [0.4, 0.5) is 10.1 Å². The first-order valence-corrected chi connectivity index (χ1v) is 7.95. The number of carbonyl (C=O) groups is 2. The molecule has 1 heterocycles. The lowest BCUT2D eigenvalue weighted by Gasteiger charge is -2.20. The molecule has 2 aromatic rings. The number of hydrogen-bond donors (Lipinski definition) is 1. The van der Waals surface area contributed by atoms with Gasteiger partial charge in [0.2, 0.25) is 11.8 Å². The maximum atomic E-state index is 13.6. The van der Waals surface area contributed by atoms with Gasteiger partial charge in [0.15, 0.2) is 0 Å². The third-order valence-electron chi connectivity index (χ3n) is 4.02. The van der Waals surface area contributed by atoms with E-state index in [1.165, 1.54) is 31.0 Å². The van der Waals surface area contributed by atoms with Gasteiger partial charge in [0.1, 0.15) is 5.82 Å². The van der Waals surface area contributed by atoms with Crippen LogP contribution in [0, 0.1) is 5.82 Å². The summed E-state index contributed by atoms with van der Waals surface area (Å²) in [4.78, 5) is 23.4. The predicted octanol–water partition coefficient (Wildman–Crippen LogP) is 3.48. The topological polar surface area (TPSA) is 61.8 Å². The highest BCUT2D eigenvalue weighted by molar-refractivity contribution is 6.09. The SMILES string of the molecule is CC(=O)Nc1ccccc1C1=NN(C(C)=O)[C@H](c2cccc(F)c2)C1. The Bertz CT molecular complexity index is 863. The van der Waals surface area contributed by atoms with Crippen LogP contribution >= 0.6 is 0 Å². The monoisotopic (exact) mass is 339 g/mol. The fourth-order valence-electron chi connectivity index (χ4n) is 2.97. The molecule has 0 aliphatic carbocycles. The number of benzene rings is 2. The van der Waals surface area contributed by atoms with Crippen LogP contribution in [-0.4, -0.2) is 22.5 Å². The van der Waals surface area contributed by atoms with Gasteiger partial charge in [0.05, 0.1) is 11.8 Å². The van der Waals surface area contributed by atoms with E-state index in [9.17, 15) is 14.0 Å². The fourth-order valence-corrected chi connectivity index (χ4v) is 2.97. The largest absolute Gasteiger partial charge is 0.326 e. The number of hydrazone groups is 1. The van der Waals surface area contributed by atoms with E-state index in [1.54, 1.807) is 18.2 Å². The summed E-state index contributed by atoms with van der Waals surface area (Å²) < 4.78 is 13.6. The van der Waals surface area contributed by atoms with E-state index in [0.29, 0.717) is 23.4 Å². The molecule has 2 aromatic carbocycles. The Morgan fingerprint density at radius 1 is 1.16 bits per heavy atom. The first-order valence-electron chi connectivity index (χ1n) is 7.95. The molecule has 5 nitrogen and oxygen atoms in total. The van der Waals surface area contributed by atoms with Crippen molar-refractivity contribution in [1.29, 1.82) is 0 Å². The minimum atomic E-state index is -0.367. The number of anilines is 1. The number of halogens is 1. The molecule has 0 unspecified atom stereocenters. The summed E-state index contributed by atoms with van der Waals surface area (Å²) in [5.41, 5.74) is 2.75. The smallest absolute Gasteiger partial charge is 0.240 e. The molecule has 0 fully saturated rings. The van der Waals surface area contributed by atoms with E-state index >= 15 is 0 Å². The second kappa shape index (κ2) is 6.84. The Morgan fingerprint density at radius 2 is 1.92 bits per heavy atom. The number of rotatable bonds is 3. The molecule has 6 heteroatoms. The van der Waals surface area contributed by atoms with Gasteiger partial charge in [-0.2, -0.15) is 5.10 Å². The van der Waals surface area contributed by atoms with Gasteiger partial charge in [0.25, 0.3) is 0 Å². The van der Waals surface area contributed by atoms with Crippen molar-refractivity contribution in [1.82, 2.24) is 5.01 Å². The maximum Gasteiger partial charge on any atom is 0.240 e. The molecule has 1 aliphatic rings. The molecule has 0 aromatic heterocycles. The van der Waals surface area contributed by atoms with Gasteiger partial charge < -0.3 is 5.32 Å². The lowest BCUT2D eigenvalue weighted by molar-refractivity contribution is -0.130. The van der Waals surface area contributed by atoms with Crippen LogP contribution in [0.5, 0.6) is 0 Å². The summed E-state index contributed by atoms with van der Waals surface area (Å²) in [6.45, 7) is 2.86. The standard InChI is InChI=1S/C19H18FN3O2/c1-12(24)21-17-9-4-3-8-16(17)18-11-19(23(22-18)13(2)25)14-6-5-7-15(20)10-14/h3-10,19H,11H2,1-2H3,(H,21,24)/t19-/m0/s1. The zero-order valence-corrected chi connectivity index (χ0v) is 14.0. The lowest BCUT2D eigenvalue weighted by atomic mass is 9.97. The van der Waals surface area contributed by atoms with E-state index in [4.69, 9.17) is 0 Å². The first kappa shape index (κ1) is 16.8. The molecular formula is C19H18FN3O2. The van der Waals surface area contributed by atoms with Gasteiger partial charge in [-0.25, -0.2) is 9.40 Å². The zero-order chi connectivity index (χ0) is 18.0. The van der Waals surface area contributed by atoms with E-state index in [2.05, 4.69) is 10.4 Å². The van der Waals surface area contributed by atoms with Crippen molar-refractivity contribution in [3.05, 3.63) is 65.5 Å². The van der Waals surface area contributed by atoms with E-state index in [-0.39, 0.29) is 23.7 Å². The number of para-hydroxylation sites is 1. The predicted molar refractivity (Wildman–Crippen MR) is 93.6 cm³/mol. The number of amides is 2. The van der Waals surface area contributed by atoms with Crippen molar-refractivity contribution in [3.8, 4) is 0 Å². The molecule has 0 spiro atoms. The van der Waals surface area contributed by atoms with Crippen LogP contribution in [0.2, 0.25) is 0 Å². The summed E-state index contributed by atoms with van der Waals surface area (Å²) in [7, 11) is 0. The number of hydrogen-bond acceptors (Lipinski definition) is 3. The Kier molecular flexibility index (Phi) is 4.61. The average molecular weight is 339 g/mol. The Labute approximate surface area is 145 Å². The third kappa shape index (κ3) is 3.57. The van der Waals surface area contributed by atoms with Crippen molar-refractivity contribution < 1.29 is 14.0 Å². The van der Waals surface area contributed by atoms with Gasteiger partial charge in [-0.3, -0.25) is 9.59 Å². The van der Waals surface area contributed by atoms with Crippen LogP contribution in [-0.2, 0) is 9.59 Å². The fraction of sp³-hybridized carbons (Fsp3) is 0.211. The molecule has 25 heavy (non-hydrogen) atoms. The van der Waals surface area contributed by atoms with E-state index < -0.39 is 0 Å². The highest BCUT2D eigenvalue weighted by Gasteiger charge is 2.32. The molecular weight excluding hydrogens is 321 g/mol. The minimum absolute atomic E-state index is 0.184. The van der Waals surface area contributed by atoms with Gasteiger partial charge in [-0.1, -0.05) is 30.3 Å². The zero-order valence-electron chi connectivity index (χ0n) is 14.0. The van der Waals surface area contributed by atoms with Crippen molar-refractivity contribution >= 4 is 23.2 Å². The Morgan fingerprint density at radius 3 is 2.60 bits per heavy atom. The summed E-state index contributed by atoms with van der Waals surface area (Å²) in [5, 5.41) is 8.58. The molecule has 1 atom stereocenters. The Balaban J connectivity index is 1.98. The van der Waals surface area contributed by atoms with Gasteiger partial charge >= 0.3 is 0 Å². The van der Waals surface area contributed by atoms with Gasteiger partial charge in [-0.15, -0.1) is 0 Å². The van der Waals surface area contributed by atoms with Crippen LogP contribution in [0.25, 0.3) is 0 Å². The number of carbonyl (C=O) groups excluding carboxylic acids is 2. The maximum absolute atomic E-state index is 13.6. The van der Waals surface area contributed by atoms with Crippen molar-refractivity contribution in [3.63, 3.8) is 0 Å². The quantitative estimate of drug-likeness (QED) is 0.930. The second-order valence-corrected chi connectivity index (χ2v) is 5.91. The minimum Gasteiger partial charge on any atom is -0.326 e. The van der Waals surface area contributed by atoms with Crippen LogP contribution in [0.15, 0.2) is 53.6 Å². The summed E-state index contributed by atoms with van der Waals surface area (Å²) in [5.74, 6) is -0.759. The summed E-state index contributed by atoms with van der Waals surface area (Å²) in [6, 6.07) is 13.1. The molecule has 128 valence electrons. The van der Waals surface area contributed by atoms with Crippen molar-refractivity contribution in [2.45, 2.75) is 26.3 Å². The van der Waals surface area contributed by atoms with Gasteiger partial charge in [0, 0.05) is 31.5 Å². The highest BCUT2D eigenvalue weighted by Crippen LogP contribution is 2.34. The van der Waals surface area contributed by atoms with Crippen LogP contribution < -0.4 is 5.32 Å².